The maximum absolute atomic E-state index is 5.26. The summed E-state index contributed by atoms with van der Waals surface area (Å²) in [6.45, 7) is 0. The highest BCUT2D eigenvalue weighted by molar-refractivity contribution is 7.25. The second-order valence-corrected chi connectivity index (χ2v) is 13.5. The van der Waals surface area contributed by atoms with Gasteiger partial charge in [0.15, 0.2) is 17.5 Å². The molecule has 3 heterocycles. The summed E-state index contributed by atoms with van der Waals surface area (Å²) >= 11 is 1.80. The summed E-state index contributed by atoms with van der Waals surface area (Å²) in [4.78, 5) is 15.6. The molecule has 0 unspecified atom stereocenters. The minimum atomic E-state index is 0.627. The van der Waals surface area contributed by atoms with Gasteiger partial charge in [-0.2, -0.15) is 0 Å². The smallest absolute Gasteiger partial charge is 0.166 e. The van der Waals surface area contributed by atoms with Crippen LogP contribution in [0.2, 0.25) is 0 Å². The molecule has 3 aromatic heterocycles. The summed E-state index contributed by atoms with van der Waals surface area (Å²) in [5.41, 5.74) is 8.39. The number of para-hydroxylation sites is 2. The van der Waals surface area contributed by atoms with E-state index in [0.29, 0.717) is 17.5 Å². The molecule has 0 N–H and O–H groups in total. The lowest BCUT2D eigenvalue weighted by Gasteiger charge is -2.16. The molecule has 234 valence electrons. The van der Waals surface area contributed by atoms with Gasteiger partial charge in [0.05, 0.1) is 16.7 Å². The highest BCUT2D eigenvalue weighted by Crippen LogP contribution is 2.39. The van der Waals surface area contributed by atoms with Crippen molar-refractivity contribution in [2.75, 3.05) is 0 Å². The Bertz CT molecular complexity index is 2820. The van der Waals surface area contributed by atoms with E-state index in [4.69, 9.17) is 15.0 Å². The number of thiophene rings is 1. The second kappa shape index (κ2) is 11.6. The third-order valence-corrected chi connectivity index (χ3v) is 10.6. The van der Waals surface area contributed by atoms with Gasteiger partial charge in [0.2, 0.25) is 0 Å². The van der Waals surface area contributed by atoms with Crippen molar-refractivity contribution in [1.82, 2.24) is 19.5 Å². The number of aromatic nitrogens is 4. The molecule has 0 aliphatic rings. The molecule has 0 aliphatic heterocycles. The molecule has 0 spiro atoms. The van der Waals surface area contributed by atoms with Crippen LogP contribution in [0.3, 0.4) is 0 Å². The van der Waals surface area contributed by atoms with Gasteiger partial charge in [0, 0.05) is 47.6 Å². The van der Waals surface area contributed by atoms with Gasteiger partial charge in [-0.3, -0.25) is 0 Å². The van der Waals surface area contributed by atoms with Crippen molar-refractivity contribution in [2.24, 2.45) is 0 Å². The fraction of sp³-hybridized carbons (Fsp3) is 0. The van der Waals surface area contributed by atoms with Gasteiger partial charge < -0.3 is 4.57 Å². The van der Waals surface area contributed by atoms with Gasteiger partial charge in [-0.15, -0.1) is 11.3 Å². The van der Waals surface area contributed by atoms with Crippen molar-refractivity contribution in [2.45, 2.75) is 0 Å². The van der Waals surface area contributed by atoms with Crippen molar-refractivity contribution in [1.29, 1.82) is 0 Å². The minimum Gasteiger partial charge on any atom is -0.308 e. The second-order valence-electron chi connectivity index (χ2n) is 12.4. The van der Waals surface area contributed by atoms with Crippen molar-refractivity contribution >= 4 is 53.3 Å². The number of rotatable bonds is 5. The van der Waals surface area contributed by atoms with Crippen molar-refractivity contribution < 1.29 is 0 Å². The average molecular weight is 657 g/mol. The van der Waals surface area contributed by atoms with Gasteiger partial charge in [0.25, 0.3) is 0 Å². The zero-order valence-corrected chi connectivity index (χ0v) is 27.7. The summed E-state index contributed by atoms with van der Waals surface area (Å²) in [6, 6.07) is 59.7. The van der Waals surface area contributed by atoms with Crippen LogP contribution in [0.15, 0.2) is 170 Å². The zero-order valence-electron chi connectivity index (χ0n) is 26.9. The standard InChI is InChI=1S/C45H28N4S/c1-3-13-29(14-4-1)31-23-26-37(40(27-31)49-38-20-10-7-17-33(38)34-18-8-11-21-39(34)49)45-47-43(30-15-5-2-6-16-30)46-44(48-45)32-24-25-36-35-19-9-12-22-41(35)50-42(36)28-32/h1-28H. The topological polar surface area (TPSA) is 43.6 Å². The Morgan fingerprint density at radius 1 is 0.360 bits per heavy atom. The molecule has 50 heavy (non-hydrogen) atoms. The molecule has 4 nitrogen and oxygen atoms in total. The van der Waals surface area contributed by atoms with E-state index in [2.05, 4.69) is 156 Å². The lowest BCUT2D eigenvalue weighted by atomic mass is 10.0. The Balaban J connectivity index is 1.25. The SMILES string of the molecule is c1ccc(-c2ccc(-c3nc(-c4ccccc4)nc(-c4ccc5c(c4)sc4ccccc45)n3)c(-n3c4ccccc4c4ccccc43)c2)cc1. The van der Waals surface area contributed by atoms with Gasteiger partial charge in [-0.25, -0.2) is 15.0 Å². The largest absolute Gasteiger partial charge is 0.308 e. The number of benzene rings is 7. The molecule has 0 atom stereocenters. The van der Waals surface area contributed by atoms with Gasteiger partial charge >= 0.3 is 0 Å². The van der Waals surface area contributed by atoms with E-state index in [0.717, 1.165) is 44.5 Å². The summed E-state index contributed by atoms with van der Waals surface area (Å²) in [5, 5.41) is 4.93. The maximum atomic E-state index is 5.26. The van der Waals surface area contributed by atoms with E-state index in [1.807, 2.05) is 18.2 Å². The Morgan fingerprint density at radius 2 is 0.900 bits per heavy atom. The summed E-state index contributed by atoms with van der Waals surface area (Å²) < 4.78 is 4.85. The van der Waals surface area contributed by atoms with Crippen LogP contribution in [0.5, 0.6) is 0 Å². The van der Waals surface area contributed by atoms with Crippen LogP contribution in [0, 0.1) is 0 Å². The molecule has 10 aromatic rings. The third-order valence-electron chi connectivity index (χ3n) is 9.47. The van der Waals surface area contributed by atoms with Crippen LogP contribution in [0.1, 0.15) is 0 Å². The van der Waals surface area contributed by atoms with Gasteiger partial charge in [0.1, 0.15) is 0 Å². The van der Waals surface area contributed by atoms with Gasteiger partial charge in [-0.1, -0.05) is 133 Å². The Morgan fingerprint density at radius 3 is 1.62 bits per heavy atom. The summed E-state index contributed by atoms with van der Waals surface area (Å²) in [5.74, 6) is 1.91. The molecule has 0 aliphatic carbocycles. The predicted molar refractivity (Wildman–Crippen MR) is 209 cm³/mol. The molecule has 0 saturated carbocycles. The molecule has 7 aromatic carbocycles. The van der Waals surface area contributed by atoms with Gasteiger partial charge in [-0.05, 0) is 47.5 Å². The summed E-state index contributed by atoms with van der Waals surface area (Å²) in [6.07, 6.45) is 0. The quantitative estimate of drug-likeness (QED) is 0.185. The first-order chi connectivity index (χ1) is 24.8. The van der Waals surface area contributed by atoms with E-state index >= 15 is 0 Å². The first-order valence-corrected chi connectivity index (χ1v) is 17.5. The molecule has 0 saturated heterocycles. The molecule has 10 rings (SSSR count). The van der Waals surface area contributed by atoms with Crippen molar-refractivity contribution in [3.63, 3.8) is 0 Å². The first kappa shape index (κ1) is 28.6. The highest BCUT2D eigenvalue weighted by atomic mass is 32.1. The lowest BCUT2D eigenvalue weighted by molar-refractivity contribution is 1.07. The van der Waals surface area contributed by atoms with Crippen LogP contribution >= 0.6 is 11.3 Å². The summed E-state index contributed by atoms with van der Waals surface area (Å²) in [7, 11) is 0. The first-order valence-electron chi connectivity index (χ1n) is 16.7. The number of hydrogen-bond acceptors (Lipinski definition) is 4. The lowest BCUT2D eigenvalue weighted by Crippen LogP contribution is -2.04. The van der Waals surface area contributed by atoms with E-state index in [1.165, 1.54) is 30.9 Å². The zero-order chi connectivity index (χ0) is 33.0. The van der Waals surface area contributed by atoms with E-state index in [1.54, 1.807) is 11.3 Å². The van der Waals surface area contributed by atoms with Crippen LogP contribution in [-0.4, -0.2) is 19.5 Å². The number of hydrogen-bond donors (Lipinski definition) is 0. The van der Waals surface area contributed by atoms with E-state index in [9.17, 15) is 0 Å². The van der Waals surface area contributed by atoms with Crippen molar-refractivity contribution in [3.05, 3.63) is 170 Å². The van der Waals surface area contributed by atoms with Crippen LogP contribution in [-0.2, 0) is 0 Å². The number of fused-ring (bicyclic) bond motifs is 6. The predicted octanol–water partition coefficient (Wildman–Crippen LogP) is 12.0. The molecule has 0 fully saturated rings. The van der Waals surface area contributed by atoms with Crippen LogP contribution in [0.25, 0.3) is 93.0 Å². The van der Waals surface area contributed by atoms with Crippen LogP contribution < -0.4 is 0 Å². The Hall–Kier alpha value is -6.43. The Labute approximate surface area is 292 Å². The minimum absolute atomic E-state index is 0.627. The maximum Gasteiger partial charge on any atom is 0.166 e. The average Bonchev–Trinajstić information content (AvgIpc) is 3.73. The molecule has 0 radical (unpaired) electrons. The number of nitrogens with zero attached hydrogens (tertiary/aromatic N) is 4. The monoisotopic (exact) mass is 656 g/mol. The Kier molecular flexibility index (Phi) is 6.64. The molecule has 0 amide bonds. The highest BCUT2D eigenvalue weighted by Gasteiger charge is 2.20. The molecule has 0 bridgehead atoms. The van der Waals surface area contributed by atoms with E-state index < -0.39 is 0 Å². The van der Waals surface area contributed by atoms with Crippen LogP contribution in [0.4, 0.5) is 0 Å². The molecule has 5 heteroatoms. The molecular weight excluding hydrogens is 629 g/mol. The normalized spacial score (nSPS) is 11.6. The van der Waals surface area contributed by atoms with Crippen molar-refractivity contribution in [3.8, 4) is 51.0 Å². The third kappa shape index (κ3) is 4.71. The fourth-order valence-electron chi connectivity index (χ4n) is 7.10. The molecular formula is C45H28N4S. The fourth-order valence-corrected chi connectivity index (χ4v) is 8.25. The van der Waals surface area contributed by atoms with E-state index in [-0.39, 0.29) is 0 Å².